The molecule has 19 heavy (non-hydrogen) atoms. The van der Waals surface area contributed by atoms with E-state index in [0.717, 1.165) is 39.0 Å². The molecule has 0 aliphatic carbocycles. The third-order valence-corrected chi connectivity index (χ3v) is 4.69. The van der Waals surface area contributed by atoms with Crippen molar-refractivity contribution < 1.29 is 4.79 Å². The fraction of sp³-hybridized carbons (Fsp3) is 0.933. The zero-order valence-electron chi connectivity index (χ0n) is 12.7. The second-order valence-electron chi connectivity index (χ2n) is 6.26. The Morgan fingerprint density at radius 1 is 1.32 bits per heavy atom. The Bertz CT molecular complexity index is 308. The first-order valence-electron chi connectivity index (χ1n) is 7.86. The highest BCUT2D eigenvalue weighted by Crippen LogP contribution is 2.20. The van der Waals surface area contributed by atoms with Crippen molar-refractivity contribution in [2.45, 2.75) is 51.6 Å². The third-order valence-electron chi connectivity index (χ3n) is 4.69. The Balaban J connectivity index is 2.06. The van der Waals surface area contributed by atoms with Crippen molar-refractivity contribution >= 4 is 5.91 Å². The van der Waals surface area contributed by atoms with Gasteiger partial charge in [-0.2, -0.15) is 0 Å². The number of rotatable bonds is 2. The van der Waals surface area contributed by atoms with E-state index in [1.54, 1.807) is 0 Å². The van der Waals surface area contributed by atoms with Crippen LogP contribution in [-0.2, 0) is 4.79 Å². The Labute approximate surface area is 117 Å². The molecule has 3 atom stereocenters. The van der Waals surface area contributed by atoms with Crippen LogP contribution in [0.4, 0.5) is 0 Å². The van der Waals surface area contributed by atoms with Crippen LogP contribution in [-0.4, -0.2) is 61.0 Å². The van der Waals surface area contributed by atoms with Gasteiger partial charge in [0.1, 0.15) is 0 Å². The van der Waals surface area contributed by atoms with E-state index in [1.165, 1.54) is 12.8 Å². The van der Waals surface area contributed by atoms with Crippen molar-refractivity contribution in [2.75, 3.05) is 33.2 Å². The number of carbonyl (C=O) groups excluding carboxylic acids is 1. The number of nitrogens with zero attached hydrogens (tertiary/aromatic N) is 2. The zero-order chi connectivity index (χ0) is 13.8. The summed E-state index contributed by atoms with van der Waals surface area (Å²) in [4.78, 5) is 17.4. The summed E-state index contributed by atoms with van der Waals surface area (Å²) in [6.45, 7) is 8.44. The van der Waals surface area contributed by atoms with Crippen LogP contribution in [0.15, 0.2) is 0 Å². The molecule has 2 rings (SSSR count). The first kappa shape index (κ1) is 14.8. The topological polar surface area (TPSA) is 35.6 Å². The zero-order valence-corrected chi connectivity index (χ0v) is 12.7. The standard InChI is InChI=1S/C15H29N3O/c1-4-13-11-17(3)9-6-10-18(13)15(19)14-12(2)7-5-8-16-14/h12-14,16H,4-11H2,1-3H3. The monoisotopic (exact) mass is 267 g/mol. The van der Waals surface area contributed by atoms with Crippen LogP contribution in [0.5, 0.6) is 0 Å². The summed E-state index contributed by atoms with van der Waals surface area (Å²) in [5.41, 5.74) is 0. The van der Waals surface area contributed by atoms with Gasteiger partial charge in [0.25, 0.3) is 0 Å². The third kappa shape index (κ3) is 3.48. The summed E-state index contributed by atoms with van der Waals surface area (Å²) in [5.74, 6) is 0.814. The van der Waals surface area contributed by atoms with Crippen LogP contribution < -0.4 is 5.32 Å². The summed E-state index contributed by atoms with van der Waals surface area (Å²) >= 11 is 0. The van der Waals surface area contributed by atoms with Gasteiger partial charge in [-0.25, -0.2) is 0 Å². The van der Waals surface area contributed by atoms with Crippen LogP contribution in [0.2, 0.25) is 0 Å². The van der Waals surface area contributed by atoms with E-state index in [4.69, 9.17) is 0 Å². The molecule has 0 radical (unpaired) electrons. The summed E-state index contributed by atoms with van der Waals surface area (Å²) in [6, 6.07) is 0.433. The van der Waals surface area contributed by atoms with Crippen LogP contribution in [0.25, 0.3) is 0 Å². The van der Waals surface area contributed by atoms with E-state index in [1.807, 2.05) is 0 Å². The number of hydrogen-bond donors (Lipinski definition) is 1. The SMILES string of the molecule is CCC1CN(C)CCCN1C(=O)C1NCCCC1C. The highest BCUT2D eigenvalue weighted by atomic mass is 16.2. The molecule has 1 amide bonds. The normalized spacial score (nSPS) is 34.1. The van der Waals surface area contributed by atoms with Gasteiger partial charge in [-0.05, 0) is 51.7 Å². The molecular weight excluding hydrogens is 238 g/mol. The Hall–Kier alpha value is -0.610. The molecule has 2 fully saturated rings. The first-order chi connectivity index (χ1) is 9.13. The quantitative estimate of drug-likeness (QED) is 0.819. The number of piperidine rings is 1. The van der Waals surface area contributed by atoms with E-state index in [0.29, 0.717) is 17.9 Å². The summed E-state index contributed by atoms with van der Waals surface area (Å²) in [5, 5.41) is 3.44. The van der Waals surface area contributed by atoms with Crippen LogP contribution >= 0.6 is 0 Å². The second-order valence-corrected chi connectivity index (χ2v) is 6.26. The minimum Gasteiger partial charge on any atom is -0.337 e. The van der Waals surface area contributed by atoms with Crippen molar-refractivity contribution in [3.63, 3.8) is 0 Å². The molecule has 3 unspecified atom stereocenters. The lowest BCUT2D eigenvalue weighted by molar-refractivity contribution is -0.137. The molecule has 2 aliphatic rings. The fourth-order valence-corrected chi connectivity index (χ4v) is 3.44. The Morgan fingerprint density at radius 2 is 2.11 bits per heavy atom. The van der Waals surface area contributed by atoms with Crippen LogP contribution in [0.3, 0.4) is 0 Å². The molecule has 110 valence electrons. The van der Waals surface area contributed by atoms with Crippen molar-refractivity contribution in [3.05, 3.63) is 0 Å². The molecule has 4 heteroatoms. The molecule has 2 aliphatic heterocycles. The smallest absolute Gasteiger partial charge is 0.240 e. The molecule has 0 aromatic heterocycles. The van der Waals surface area contributed by atoms with Crippen molar-refractivity contribution in [1.82, 2.24) is 15.1 Å². The van der Waals surface area contributed by atoms with Gasteiger partial charge in [-0.1, -0.05) is 13.8 Å². The molecule has 2 heterocycles. The second kappa shape index (κ2) is 6.71. The molecule has 0 aromatic carbocycles. The molecule has 2 saturated heterocycles. The van der Waals surface area contributed by atoms with Gasteiger partial charge < -0.3 is 15.1 Å². The maximum Gasteiger partial charge on any atom is 0.240 e. The van der Waals surface area contributed by atoms with E-state index in [2.05, 4.69) is 36.0 Å². The Morgan fingerprint density at radius 3 is 2.79 bits per heavy atom. The lowest BCUT2D eigenvalue weighted by Crippen LogP contribution is -2.55. The van der Waals surface area contributed by atoms with Gasteiger partial charge in [0.15, 0.2) is 0 Å². The number of carbonyl (C=O) groups is 1. The van der Waals surface area contributed by atoms with Crippen molar-refractivity contribution in [3.8, 4) is 0 Å². The molecule has 0 aromatic rings. The molecule has 0 saturated carbocycles. The van der Waals surface area contributed by atoms with Crippen LogP contribution in [0, 0.1) is 5.92 Å². The minimum atomic E-state index is 0.0474. The summed E-state index contributed by atoms with van der Waals surface area (Å²) in [7, 11) is 2.16. The van der Waals surface area contributed by atoms with Crippen molar-refractivity contribution in [1.29, 1.82) is 0 Å². The average molecular weight is 267 g/mol. The molecule has 0 bridgehead atoms. The number of nitrogens with one attached hydrogen (secondary N) is 1. The first-order valence-corrected chi connectivity index (χ1v) is 7.86. The lowest BCUT2D eigenvalue weighted by atomic mass is 9.91. The fourth-order valence-electron chi connectivity index (χ4n) is 3.44. The molecule has 1 N–H and O–H groups in total. The predicted octanol–water partition coefficient (Wildman–Crippen LogP) is 1.32. The minimum absolute atomic E-state index is 0.0474. The van der Waals surface area contributed by atoms with Gasteiger partial charge in [0.2, 0.25) is 5.91 Å². The van der Waals surface area contributed by atoms with Gasteiger partial charge >= 0.3 is 0 Å². The number of amides is 1. The number of hydrogen-bond acceptors (Lipinski definition) is 3. The van der Waals surface area contributed by atoms with E-state index in [9.17, 15) is 4.79 Å². The van der Waals surface area contributed by atoms with Crippen LogP contribution in [0.1, 0.15) is 39.5 Å². The average Bonchev–Trinajstić information content (AvgIpc) is 2.60. The highest BCUT2D eigenvalue weighted by molar-refractivity contribution is 5.82. The maximum absolute atomic E-state index is 12.8. The van der Waals surface area contributed by atoms with Gasteiger partial charge in [-0.15, -0.1) is 0 Å². The van der Waals surface area contributed by atoms with E-state index in [-0.39, 0.29) is 6.04 Å². The largest absolute Gasteiger partial charge is 0.337 e. The highest BCUT2D eigenvalue weighted by Gasteiger charge is 2.34. The van der Waals surface area contributed by atoms with Gasteiger partial charge in [0.05, 0.1) is 6.04 Å². The maximum atomic E-state index is 12.8. The summed E-state index contributed by atoms with van der Waals surface area (Å²) in [6.07, 6.45) is 4.52. The predicted molar refractivity (Wildman–Crippen MR) is 78.1 cm³/mol. The van der Waals surface area contributed by atoms with Gasteiger partial charge in [0, 0.05) is 19.1 Å². The number of likely N-dealkylation sites (N-methyl/N-ethyl adjacent to an activating group) is 1. The van der Waals surface area contributed by atoms with E-state index < -0.39 is 0 Å². The summed E-state index contributed by atoms with van der Waals surface area (Å²) < 4.78 is 0. The Kier molecular flexibility index (Phi) is 5.22. The lowest BCUT2D eigenvalue weighted by Gasteiger charge is -2.37. The van der Waals surface area contributed by atoms with Gasteiger partial charge in [-0.3, -0.25) is 4.79 Å². The molecule has 0 spiro atoms. The molecular formula is C15H29N3O. The van der Waals surface area contributed by atoms with Crippen molar-refractivity contribution in [2.24, 2.45) is 5.92 Å². The van der Waals surface area contributed by atoms with E-state index >= 15 is 0 Å². The molecule has 4 nitrogen and oxygen atoms in total.